The maximum atomic E-state index is 12.7. The molecule has 2 aromatic rings. The summed E-state index contributed by atoms with van der Waals surface area (Å²) in [6, 6.07) is 11.5. The van der Waals surface area contributed by atoms with E-state index in [9.17, 15) is 19.5 Å². The molecule has 2 amide bonds. The number of carboxylic acids is 1. The van der Waals surface area contributed by atoms with Gasteiger partial charge in [-0.1, -0.05) is 12.1 Å². The number of carbonyl (C=O) groups excluding carboxylic acids is 3. The summed E-state index contributed by atoms with van der Waals surface area (Å²) in [6.45, 7) is 0. The van der Waals surface area contributed by atoms with Gasteiger partial charge in [-0.2, -0.15) is 0 Å². The van der Waals surface area contributed by atoms with Crippen molar-refractivity contribution < 1.29 is 29.0 Å². The molecular weight excluding hydrogens is 364 g/mol. The molecule has 0 aliphatic heterocycles. The van der Waals surface area contributed by atoms with Crippen LogP contribution < -0.4 is 25.2 Å². The molecule has 0 aliphatic carbocycles. The Morgan fingerprint density at radius 2 is 1.68 bits per heavy atom. The van der Waals surface area contributed by atoms with Gasteiger partial charge in [-0.15, -0.1) is 0 Å². The molecule has 28 heavy (non-hydrogen) atoms. The van der Waals surface area contributed by atoms with Crippen LogP contribution in [0.4, 0.5) is 11.4 Å². The zero-order valence-electron chi connectivity index (χ0n) is 15.6. The van der Waals surface area contributed by atoms with Crippen LogP contribution in [0.5, 0.6) is 11.5 Å². The van der Waals surface area contributed by atoms with Gasteiger partial charge in [0.25, 0.3) is 5.91 Å². The fourth-order valence-electron chi connectivity index (χ4n) is 2.49. The maximum absolute atomic E-state index is 12.7. The first-order valence-corrected chi connectivity index (χ1v) is 8.56. The summed E-state index contributed by atoms with van der Waals surface area (Å²) >= 11 is 0. The number of hydrogen-bond acceptors (Lipinski definition) is 6. The lowest BCUT2D eigenvalue weighted by Gasteiger charge is -2.14. The number of ether oxygens (including phenoxy) is 2. The molecule has 0 radical (unpaired) electrons. The summed E-state index contributed by atoms with van der Waals surface area (Å²) < 4.78 is 10.4. The third kappa shape index (κ3) is 5.73. The summed E-state index contributed by atoms with van der Waals surface area (Å²) in [6.07, 6.45) is -0.0331. The zero-order valence-corrected chi connectivity index (χ0v) is 15.6. The zero-order chi connectivity index (χ0) is 20.5. The number of hydrogen-bond donors (Lipinski definition) is 2. The molecule has 0 fully saturated rings. The van der Waals surface area contributed by atoms with Gasteiger partial charge in [0.15, 0.2) is 0 Å². The van der Waals surface area contributed by atoms with E-state index in [1.807, 2.05) is 0 Å². The molecule has 0 bridgehead atoms. The van der Waals surface area contributed by atoms with Crippen molar-refractivity contribution in [3.8, 4) is 11.5 Å². The van der Waals surface area contributed by atoms with Crippen molar-refractivity contribution in [1.29, 1.82) is 0 Å². The Labute approximate surface area is 162 Å². The molecule has 0 unspecified atom stereocenters. The minimum Gasteiger partial charge on any atom is -0.550 e. The first-order chi connectivity index (χ1) is 13.4. The number of methoxy groups -OCH3 is 2. The van der Waals surface area contributed by atoms with Crippen molar-refractivity contribution in [3.63, 3.8) is 0 Å². The summed E-state index contributed by atoms with van der Waals surface area (Å²) in [5.74, 6) is -1.02. The van der Waals surface area contributed by atoms with Crippen LogP contribution in [0.25, 0.3) is 0 Å². The van der Waals surface area contributed by atoms with E-state index in [1.54, 1.807) is 42.5 Å². The minimum absolute atomic E-state index is 0.0102. The first kappa shape index (κ1) is 20.8. The van der Waals surface area contributed by atoms with Crippen molar-refractivity contribution in [3.05, 3.63) is 48.0 Å². The lowest BCUT2D eigenvalue weighted by Crippen LogP contribution is -2.22. The number of aliphatic carboxylic acids is 1. The van der Waals surface area contributed by atoms with Crippen LogP contribution in [0, 0.1) is 0 Å². The maximum Gasteiger partial charge on any atom is 0.257 e. The number of benzene rings is 2. The van der Waals surface area contributed by atoms with Gasteiger partial charge < -0.3 is 30.0 Å². The highest BCUT2D eigenvalue weighted by molar-refractivity contribution is 6.10. The smallest absolute Gasteiger partial charge is 0.257 e. The number of rotatable bonds is 9. The third-order valence-electron chi connectivity index (χ3n) is 3.89. The van der Waals surface area contributed by atoms with Crippen LogP contribution in [-0.4, -0.2) is 32.0 Å². The SMILES string of the molecule is COc1ccc(NC(=O)c2ccccc2NC(=O)CCCC(=O)[O-])c(OC)c1. The predicted molar refractivity (Wildman–Crippen MR) is 101 cm³/mol. The Hall–Kier alpha value is -3.55. The van der Waals surface area contributed by atoms with Crippen LogP contribution in [0.2, 0.25) is 0 Å². The fourth-order valence-corrected chi connectivity index (χ4v) is 2.49. The predicted octanol–water partition coefficient (Wildman–Crippen LogP) is 1.81. The first-order valence-electron chi connectivity index (χ1n) is 8.56. The van der Waals surface area contributed by atoms with Crippen molar-refractivity contribution in [1.82, 2.24) is 0 Å². The molecule has 8 heteroatoms. The van der Waals surface area contributed by atoms with Crippen LogP contribution in [0.15, 0.2) is 42.5 Å². The molecule has 0 spiro atoms. The van der Waals surface area contributed by atoms with Crippen LogP contribution in [0.1, 0.15) is 29.6 Å². The lowest BCUT2D eigenvalue weighted by molar-refractivity contribution is -0.305. The second kappa shape index (κ2) is 9.96. The molecule has 8 nitrogen and oxygen atoms in total. The second-order valence-electron chi connectivity index (χ2n) is 5.84. The van der Waals surface area contributed by atoms with Crippen LogP contribution >= 0.6 is 0 Å². The molecule has 2 rings (SSSR count). The summed E-state index contributed by atoms with van der Waals surface area (Å²) in [4.78, 5) is 35.2. The average molecular weight is 385 g/mol. The molecule has 0 saturated heterocycles. The van der Waals surface area contributed by atoms with Gasteiger partial charge in [-0.3, -0.25) is 9.59 Å². The second-order valence-corrected chi connectivity index (χ2v) is 5.84. The summed E-state index contributed by atoms with van der Waals surface area (Å²) in [7, 11) is 3.00. The lowest BCUT2D eigenvalue weighted by atomic mass is 10.1. The monoisotopic (exact) mass is 385 g/mol. The van der Waals surface area contributed by atoms with Gasteiger partial charge in [0.2, 0.25) is 5.91 Å². The Morgan fingerprint density at radius 1 is 0.929 bits per heavy atom. The van der Waals surface area contributed by atoms with E-state index in [1.165, 1.54) is 14.2 Å². The fraction of sp³-hybridized carbons (Fsp3) is 0.250. The minimum atomic E-state index is -1.21. The van der Waals surface area contributed by atoms with Crippen molar-refractivity contribution in [2.75, 3.05) is 24.9 Å². The molecule has 0 atom stereocenters. The van der Waals surface area contributed by atoms with Gasteiger partial charge in [-0.05, 0) is 37.1 Å². The van der Waals surface area contributed by atoms with Gasteiger partial charge in [-0.25, -0.2) is 0 Å². The van der Waals surface area contributed by atoms with E-state index >= 15 is 0 Å². The highest BCUT2D eigenvalue weighted by Gasteiger charge is 2.15. The molecule has 0 aromatic heterocycles. The Morgan fingerprint density at radius 3 is 2.36 bits per heavy atom. The molecule has 0 saturated carbocycles. The van der Waals surface area contributed by atoms with Crippen LogP contribution in [-0.2, 0) is 9.59 Å². The Kier molecular flexibility index (Phi) is 7.38. The topological polar surface area (TPSA) is 117 Å². The van der Waals surface area contributed by atoms with E-state index in [2.05, 4.69) is 10.6 Å². The summed E-state index contributed by atoms with van der Waals surface area (Å²) in [5.41, 5.74) is 1.03. The van der Waals surface area contributed by atoms with E-state index in [0.29, 0.717) is 22.9 Å². The highest BCUT2D eigenvalue weighted by atomic mass is 16.5. The number of nitrogens with one attached hydrogen (secondary N) is 2. The normalized spacial score (nSPS) is 10.1. The number of amides is 2. The largest absolute Gasteiger partial charge is 0.550 e. The van der Waals surface area contributed by atoms with Gasteiger partial charge in [0.1, 0.15) is 11.5 Å². The van der Waals surface area contributed by atoms with E-state index in [-0.39, 0.29) is 30.7 Å². The van der Waals surface area contributed by atoms with E-state index in [0.717, 1.165) is 0 Å². The summed E-state index contributed by atoms with van der Waals surface area (Å²) in [5, 5.41) is 15.8. The number of para-hydroxylation sites is 1. The third-order valence-corrected chi connectivity index (χ3v) is 3.89. The highest BCUT2D eigenvalue weighted by Crippen LogP contribution is 2.30. The van der Waals surface area contributed by atoms with E-state index < -0.39 is 11.9 Å². The number of carbonyl (C=O) groups is 3. The number of anilines is 2. The number of carboxylic acid groups (broad SMARTS) is 1. The molecular formula is C20H21N2O6-. The molecule has 2 aromatic carbocycles. The standard InChI is InChI=1S/C20H22N2O6/c1-27-13-10-11-16(17(12-13)28-2)22-20(26)14-6-3-4-7-15(14)21-18(23)8-5-9-19(24)25/h3-4,6-7,10-12H,5,8-9H2,1-2H3,(H,21,23)(H,22,26)(H,24,25)/p-1. The molecule has 148 valence electrons. The molecule has 0 aliphatic rings. The Balaban J connectivity index is 2.12. The quantitative estimate of drug-likeness (QED) is 0.680. The van der Waals surface area contributed by atoms with Crippen molar-refractivity contribution in [2.24, 2.45) is 0 Å². The van der Waals surface area contributed by atoms with Crippen LogP contribution in [0.3, 0.4) is 0 Å². The van der Waals surface area contributed by atoms with Crippen molar-refractivity contribution in [2.45, 2.75) is 19.3 Å². The molecule has 0 heterocycles. The van der Waals surface area contributed by atoms with E-state index in [4.69, 9.17) is 9.47 Å². The van der Waals surface area contributed by atoms with Crippen molar-refractivity contribution >= 4 is 29.2 Å². The average Bonchev–Trinajstić information content (AvgIpc) is 2.68. The van der Waals surface area contributed by atoms with Gasteiger partial charge in [0, 0.05) is 18.5 Å². The Bertz CT molecular complexity index is 866. The van der Waals surface area contributed by atoms with Gasteiger partial charge >= 0.3 is 0 Å². The molecule has 2 N–H and O–H groups in total. The van der Waals surface area contributed by atoms with Gasteiger partial charge in [0.05, 0.1) is 31.2 Å².